The summed E-state index contributed by atoms with van der Waals surface area (Å²) in [6, 6.07) is 0. The summed E-state index contributed by atoms with van der Waals surface area (Å²) < 4.78 is 1.96. The Morgan fingerprint density at radius 3 is 3.08 bits per heavy atom. The fraction of sp³-hybridized carbons (Fsp3) is 0.375. The molecule has 64 valence electrons. The van der Waals surface area contributed by atoms with Gasteiger partial charge in [0, 0.05) is 7.05 Å². The second kappa shape index (κ2) is 2.27. The molecule has 0 bridgehead atoms. The third kappa shape index (κ3) is 0.879. The maximum absolute atomic E-state index is 4.21. The molecule has 1 unspecified atom stereocenters. The number of hydrogen-bond acceptors (Lipinski definition) is 3. The third-order valence-electron chi connectivity index (χ3n) is 1.97. The summed E-state index contributed by atoms with van der Waals surface area (Å²) in [5.74, 6) is 1.03. The van der Waals surface area contributed by atoms with Crippen molar-refractivity contribution in [1.29, 1.82) is 0 Å². The smallest absolute Gasteiger partial charge is 0.136 e. The lowest BCUT2D eigenvalue weighted by molar-refractivity contribution is 0.702. The minimum Gasteiger partial charge on any atom is -0.364 e. The zero-order chi connectivity index (χ0) is 8.72. The van der Waals surface area contributed by atoms with Crippen LogP contribution in [0.4, 0.5) is 5.82 Å². The first-order valence-corrected chi connectivity index (χ1v) is 3.92. The number of fused-ring (bicyclic) bond motifs is 1. The Morgan fingerprint density at radius 1 is 1.58 bits per heavy atom. The van der Waals surface area contributed by atoms with E-state index in [2.05, 4.69) is 22.2 Å². The lowest BCUT2D eigenvalue weighted by Crippen LogP contribution is -2.36. The van der Waals surface area contributed by atoms with Crippen LogP contribution in [0.3, 0.4) is 0 Å². The van der Waals surface area contributed by atoms with Gasteiger partial charge in [-0.2, -0.15) is 0 Å². The van der Waals surface area contributed by atoms with Crippen molar-refractivity contribution < 1.29 is 0 Å². The van der Waals surface area contributed by atoms with Crippen LogP contribution in [-0.2, 0) is 7.05 Å². The van der Waals surface area contributed by atoms with Crippen molar-refractivity contribution in [2.24, 2.45) is 7.05 Å². The highest BCUT2D eigenvalue weighted by Gasteiger charge is 2.19. The first kappa shape index (κ1) is 7.21. The van der Waals surface area contributed by atoms with Gasteiger partial charge in [0.05, 0.1) is 18.2 Å². The van der Waals surface area contributed by atoms with E-state index in [-0.39, 0.29) is 6.17 Å². The average molecular weight is 164 g/mol. The van der Waals surface area contributed by atoms with Gasteiger partial charge in [-0.25, -0.2) is 4.98 Å². The molecular formula is C8H12N4. The number of hydrogen-bond donors (Lipinski definition) is 2. The Morgan fingerprint density at radius 2 is 2.33 bits per heavy atom. The van der Waals surface area contributed by atoms with E-state index in [9.17, 15) is 0 Å². The fourth-order valence-corrected chi connectivity index (χ4v) is 1.39. The summed E-state index contributed by atoms with van der Waals surface area (Å²) in [5, 5.41) is 6.43. The van der Waals surface area contributed by atoms with Crippen molar-refractivity contribution >= 4 is 11.5 Å². The Labute approximate surface area is 71.3 Å². The van der Waals surface area contributed by atoms with Gasteiger partial charge >= 0.3 is 0 Å². The number of aryl methyl sites for hydroxylation is 1. The molecule has 0 amide bonds. The number of nitrogens with zero attached hydrogens (tertiary/aromatic N) is 2. The summed E-state index contributed by atoms with van der Waals surface area (Å²) in [4.78, 5) is 4.21. The van der Waals surface area contributed by atoms with Gasteiger partial charge in [-0.3, -0.25) is 0 Å². The number of anilines is 1. The Kier molecular flexibility index (Phi) is 1.36. The molecule has 1 atom stereocenters. The van der Waals surface area contributed by atoms with Crippen molar-refractivity contribution in [2.45, 2.75) is 13.1 Å². The summed E-state index contributed by atoms with van der Waals surface area (Å²) in [6.07, 6.45) is 2.00. The maximum Gasteiger partial charge on any atom is 0.136 e. The number of imidazole rings is 1. The van der Waals surface area contributed by atoms with E-state index in [0.29, 0.717) is 0 Å². The van der Waals surface area contributed by atoms with E-state index in [4.69, 9.17) is 0 Å². The third-order valence-corrected chi connectivity index (χ3v) is 1.97. The van der Waals surface area contributed by atoms with E-state index in [1.165, 1.54) is 0 Å². The molecule has 4 nitrogen and oxygen atoms in total. The quantitative estimate of drug-likeness (QED) is 0.594. The van der Waals surface area contributed by atoms with Gasteiger partial charge in [0.15, 0.2) is 0 Å². The number of nitrogens with one attached hydrogen (secondary N) is 2. The normalized spacial score (nSPS) is 21.2. The van der Waals surface area contributed by atoms with Gasteiger partial charge in [0.25, 0.3) is 0 Å². The zero-order valence-corrected chi connectivity index (χ0v) is 7.26. The van der Waals surface area contributed by atoms with Crippen LogP contribution in [0, 0.1) is 0 Å². The molecule has 2 N–H and O–H groups in total. The van der Waals surface area contributed by atoms with Crippen LogP contribution in [0.5, 0.6) is 0 Å². The first-order chi connectivity index (χ1) is 5.68. The molecular weight excluding hydrogens is 152 g/mol. The van der Waals surface area contributed by atoms with E-state index in [1.54, 1.807) is 6.33 Å². The molecule has 1 aromatic heterocycles. The van der Waals surface area contributed by atoms with Crippen molar-refractivity contribution in [3.63, 3.8) is 0 Å². The van der Waals surface area contributed by atoms with Crippen LogP contribution in [0.25, 0.3) is 5.70 Å². The standard InChI is InChI=1S/C8H12N4/c1-5-7-8(11-6(2)10-5)12(3)4-9-7/h4,6,10-11H,1H2,2-3H3. The molecule has 0 saturated heterocycles. The van der Waals surface area contributed by atoms with E-state index >= 15 is 0 Å². The minimum atomic E-state index is 0.223. The predicted molar refractivity (Wildman–Crippen MR) is 48.5 cm³/mol. The van der Waals surface area contributed by atoms with Crippen LogP contribution < -0.4 is 10.6 Å². The van der Waals surface area contributed by atoms with E-state index in [0.717, 1.165) is 17.2 Å². The van der Waals surface area contributed by atoms with E-state index < -0.39 is 0 Å². The fourth-order valence-electron chi connectivity index (χ4n) is 1.39. The molecule has 1 aromatic rings. The Bertz CT molecular complexity index is 326. The molecule has 1 aliphatic rings. The monoisotopic (exact) mass is 164 g/mol. The van der Waals surface area contributed by atoms with Gasteiger partial charge in [-0.05, 0) is 6.92 Å². The largest absolute Gasteiger partial charge is 0.364 e. The van der Waals surface area contributed by atoms with Crippen LogP contribution in [0.2, 0.25) is 0 Å². The first-order valence-electron chi connectivity index (χ1n) is 3.92. The van der Waals surface area contributed by atoms with Crippen LogP contribution >= 0.6 is 0 Å². The van der Waals surface area contributed by atoms with Crippen molar-refractivity contribution in [1.82, 2.24) is 14.9 Å². The zero-order valence-electron chi connectivity index (χ0n) is 7.26. The van der Waals surface area contributed by atoms with E-state index in [1.807, 2.05) is 18.5 Å². The second-order valence-corrected chi connectivity index (χ2v) is 3.04. The molecule has 0 fully saturated rings. The lowest BCUT2D eigenvalue weighted by atomic mass is 10.2. The van der Waals surface area contributed by atoms with Gasteiger partial charge in [0.2, 0.25) is 0 Å². The highest BCUT2D eigenvalue weighted by molar-refractivity contribution is 5.72. The summed E-state index contributed by atoms with van der Waals surface area (Å²) in [5.41, 5.74) is 1.80. The molecule has 0 saturated carbocycles. The molecule has 4 heteroatoms. The van der Waals surface area contributed by atoms with Crippen molar-refractivity contribution in [3.8, 4) is 0 Å². The summed E-state index contributed by atoms with van der Waals surface area (Å²) in [7, 11) is 1.96. The summed E-state index contributed by atoms with van der Waals surface area (Å²) in [6.45, 7) is 5.94. The van der Waals surface area contributed by atoms with Crippen molar-refractivity contribution in [3.05, 3.63) is 18.6 Å². The molecule has 0 radical (unpaired) electrons. The second-order valence-electron chi connectivity index (χ2n) is 3.04. The number of rotatable bonds is 0. The van der Waals surface area contributed by atoms with Gasteiger partial charge in [0.1, 0.15) is 11.5 Å². The predicted octanol–water partition coefficient (Wildman–Crippen LogP) is 0.752. The molecule has 2 rings (SSSR count). The van der Waals surface area contributed by atoms with Crippen molar-refractivity contribution in [2.75, 3.05) is 5.32 Å². The number of aromatic nitrogens is 2. The summed E-state index contributed by atoms with van der Waals surface area (Å²) >= 11 is 0. The highest BCUT2D eigenvalue weighted by atomic mass is 15.3. The van der Waals surface area contributed by atoms with Gasteiger partial charge in [-0.15, -0.1) is 0 Å². The van der Waals surface area contributed by atoms with Gasteiger partial charge in [-0.1, -0.05) is 6.58 Å². The maximum atomic E-state index is 4.21. The lowest BCUT2D eigenvalue weighted by Gasteiger charge is -2.25. The molecule has 0 aliphatic carbocycles. The molecule has 0 spiro atoms. The molecule has 12 heavy (non-hydrogen) atoms. The van der Waals surface area contributed by atoms with Crippen LogP contribution in [0.15, 0.2) is 12.9 Å². The highest BCUT2D eigenvalue weighted by Crippen LogP contribution is 2.23. The molecule has 2 heterocycles. The average Bonchev–Trinajstić information content (AvgIpc) is 2.33. The van der Waals surface area contributed by atoms with Crippen LogP contribution in [-0.4, -0.2) is 15.7 Å². The Balaban J connectivity index is 2.50. The molecule has 1 aliphatic heterocycles. The molecule has 0 aromatic carbocycles. The SMILES string of the molecule is C=C1NC(C)Nc2c1ncn2C. The minimum absolute atomic E-state index is 0.223. The van der Waals surface area contributed by atoms with Crippen LogP contribution in [0.1, 0.15) is 12.6 Å². The topological polar surface area (TPSA) is 41.9 Å². The van der Waals surface area contributed by atoms with Gasteiger partial charge < -0.3 is 15.2 Å². The Hall–Kier alpha value is -1.45.